The van der Waals surface area contributed by atoms with Crippen LogP contribution in [0.5, 0.6) is 0 Å². The predicted molar refractivity (Wildman–Crippen MR) is 113 cm³/mol. The maximum Gasteiger partial charge on any atom is 0.0753 e. The maximum atomic E-state index is 9.78. The normalized spacial score (nSPS) is 32.6. The molecule has 0 unspecified atom stereocenters. The van der Waals surface area contributed by atoms with Crippen molar-refractivity contribution in [2.24, 2.45) is 23.2 Å². The molecule has 0 heterocycles. The Hall–Kier alpha value is -0.770. The van der Waals surface area contributed by atoms with E-state index in [-0.39, 0.29) is 5.41 Å². The Balaban J connectivity index is 1.71. The van der Waals surface area contributed by atoms with Crippen LogP contribution in [-0.4, -0.2) is 0 Å². The molecule has 2 aliphatic rings. The zero-order valence-electron chi connectivity index (χ0n) is 17.6. The van der Waals surface area contributed by atoms with Crippen LogP contribution >= 0.6 is 0 Å². The van der Waals surface area contributed by atoms with E-state index >= 15 is 0 Å². The van der Waals surface area contributed by atoms with Crippen molar-refractivity contribution >= 4 is 0 Å². The summed E-state index contributed by atoms with van der Waals surface area (Å²) in [5, 5.41) is 9.78. The molecular formula is C25H43N. The van der Waals surface area contributed by atoms with E-state index in [9.17, 15) is 5.26 Å². The molecule has 0 bridgehead atoms. The van der Waals surface area contributed by atoms with E-state index < -0.39 is 0 Å². The van der Waals surface area contributed by atoms with Gasteiger partial charge in [-0.3, -0.25) is 0 Å². The molecule has 0 saturated heterocycles. The van der Waals surface area contributed by atoms with Crippen molar-refractivity contribution in [2.75, 3.05) is 0 Å². The van der Waals surface area contributed by atoms with Crippen LogP contribution in [0.4, 0.5) is 0 Å². The number of allylic oxidation sites excluding steroid dienone is 2. The first-order valence-corrected chi connectivity index (χ1v) is 11.8. The first-order chi connectivity index (χ1) is 12.7. The average Bonchev–Trinajstić information content (AvgIpc) is 2.69. The van der Waals surface area contributed by atoms with Gasteiger partial charge in [-0.1, -0.05) is 77.4 Å². The molecule has 1 heteroatoms. The Kier molecular flexibility index (Phi) is 9.80. The molecule has 1 nitrogen and oxygen atoms in total. The quantitative estimate of drug-likeness (QED) is 0.285. The second kappa shape index (κ2) is 11.8. The van der Waals surface area contributed by atoms with Crippen molar-refractivity contribution in [1.82, 2.24) is 0 Å². The summed E-state index contributed by atoms with van der Waals surface area (Å²) in [6.07, 6.45) is 26.0. The largest absolute Gasteiger partial charge is 0.197 e. The minimum Gasteiger partial charge on any atom is -0.197 e. The fourth-order valence-corrected chi connectivity index (χ4v) is 5.39. The Morgan fingerprint density at radius 1 is 0.846 bits per heavy atom. The standard InChI is InChI=1S/C25H43N/c1-3-5-7-8-10-18-25(21-26)19-16-24(17-20-25)23-14-12-22(13-15-23)11-9-6-4-2/h10,18,22-24H,3-9,11-17,19-20H2,1-2H3. The second-order valence-corrected chi connectivity index (χ2v) is 9.28. The maximum absolute atomic E-state index is 9.78. The highest BCUT2D eigenvalue weighted by atomic mass is 14.4. The molecule has 0 radical (unpaired) electrons. The molecule has 26 heavy (non-hydrogen) atoms. The van der Waals surface area contributed by atoms with Gasteiger partial charge in [0.2, 0.25) is 0 Å². The number of hydrogen-bond donors (Lipinski definition) is 0. The van der Waals surface area contributed by atoms with Crippen molar-refractivity contribution in [1.29, 1.82) is 5.26 Å². The van der Waals surface area contributed by atoms with Crippen LogP contribution in [-0.2, 0) is 0 Å². The van der Waals surface area contributed by atoms with E-state index in [0.717, 1.165) is 37.0 Å². The third-order valence-corrected chi connectivity index (χ3v) is 7.33. The first-order valence-electron chi connectivity index (χ1n) is 11.8. The summed E-state index contributed by atoms with van der Waals surface area (Å²) in [6, 6.07) is 2.68. The van der Waals surface area contributed by atoms with Gasteiger partial charge in [-0.2, -0.15) is 5.26 Å². The molecule has 0 N–H and O–H groups in total. The van der Waals surface area contributed by atoms with E-state index in [1.54, 1.807) is 0 Å². The lowest BCUT2D eigenvalue weighted by Crippen LogP contribution is -2.30. The molecule has 0 aromatic heterocycles. The average molecular weight is 358 g/mol. The van der Waals surface area contributed by atoms with Crippen LogP contribution in [0.3, 0.4) is 0 Å². The summed E-state index contributed by atoms with van der Waals surface area (Å²) < 4.78 is 0. The lowest BCUT2D eigenvalue weighted by atomic mass is 9.64. The summed E-state index contributed by atoms with van der Waals surface area (Å²) >= 11 is 0. The molecule has 0 amide bonds. The lowest BCUT2D eigenvalue weighted by Gasteiger charge is -2.39. The van der Waals surface area contributed by atoms with E-state index in [1.807, 2.05) is 0 Å². The zero-order chi connectivity index (χ0) is 18.7. The smallest absolute Gasteiger partial charge is 0.0753 e. The third kappa shape index (κ3) is 6.75. The van der Waals surface area contributed by atoms with Crippen LogP contribution in [0.15, 0.2) is 12.2 Å². The topological polar surface area (TPSA) is 23.8 Å². The van der Waals surface area contributed by atoms with Crippen molar-refractivity contribution < 1.29 is 0 Å². The number of rotatable bonds is 10. The number of nitrogens with zero attached hydrogens (tertiary/aromatic N) is 1. The fraction of sp³-hybridized carbons (Fsp3) is 0.880. The zero-order valence-corrected chi connectivity index (χ0v) is 17.6. The van der Waals surface area contributed by atoms with Crippen molar-refractivity contribution in [3.05, 3.63) is 12.2 Å². The molecular weight excluding hydrogens is 314 g/mol. The summed E-state index contributed by atoms with van der Waals surface area (Å²) in [5.74, 6) is 2.88. The minimum atomic E-state index is -0.139. The van der Waals surface area contributed by atoms with Crippen LogP contribution in [0.1, 0.15) is 117 Å². The number of unbranched alkanes of at least 4 members (excludes halogenated alkanes) is 5. The van der Waals surface area contributed by atoms with Gasteiger partial charge in [0.05, 0.1) is 11.5 Å². The first kappa shape index (κ1) is 21.5. The lowest BCUT2D eigenvalue weighted by molar-refractivity contribution is 0.136. The van der Waals surface area contributed by atoms with Gasteiger partial charge in [-0.05, 0) is 69.1 Å². The molecule has 2 aliphatic carbocycles. The monoisotopic (exact) mass is 357 g/mol. The molecule has 0 aromatic rings. The molecule has 2 rings (SSSR count). The molecule has 148 valence electrons. The van der Waals surface area contributed by atoms with Crippen LogP contribution in [0.25, 0.3) is 0 Å². The van der Waals surface area contributed by atoms with Gasteiger partial charge in [-0.15, -0.1) is 0 Å². The fourth-order valence-electron chi connectivity index (χ4n) is 5.39. The Morgan fingerprint density at radius 3 is 2.08 bits per heavy atom. The van der Waals surface area contributed by atoms with Gasteiger partial charge in [0.1, 0.15) is 0 Å². The van der Waals surface area contributed by atoms with Gasteiger partial charge in [0, 0.05) is 0 Å². The molecule has 0 aromatic carbocycles. The molecule has 2 saturated carbocycles. The summed E-state index contributed by atoms with van der Waals surface area (Å²) in [5.41, 5.74) is -0.139. The Bertz CT molecular complexity index is 428. The van der Waals surface area contributed by atoms with E-state index in [2.05, 4.69) is 32.1 Å². The Morgan fingerprint density at radius 2 is 1.46 bits per heavy atom. The molecule has 0 aliphatic heterocycles. The highest BCUT2D eigenvalue weighted by molar-refractivity contribution is 5.14. The second-order valence-electron chi connectivity index (χ2n) is 9.28. The highest BCUT2D eigenvalue weighted by Crippen LogP contribution is 2.46. The molecule has 2 fully saturated rings. The van der Waals surface area contributed by atoms with Gasteiger partial charge in [0.15, 0.2) is 0 Å². The highest BCUT2D eigenvalue weighted by Gasteiger charge is 2.37. The third-order valence-electron chi connectivity index (χ3n) is 7.33. The van der Waals surface area contributed by atoms with E-state index in [0.29, 0.717) is 0 Å². The van der Waals surface area contributed by atoms with Crippen molar-refractivity contribution in [2.45, 2.75) is 117 Å². The van der Waals surface area contributed by atoms with Crippen molar-refractivity contribution in [3.8, 4) is 6.07 Å². The van der Waals surface area contributed by atoms with Gasteiger partial charge in [0.25, 0.3) is 0 Å². The SMILES string of the molecule is CCCCCC=CC1(C#N)CCC(C2CCC(CCCCC)CC2)CC1. The predicted octanol–water partition coefficient (Wildman–Crippen LogP) is 8.21. The Labute approximate surface area is 163 Å². The number of hydrogen-bond acceptors (Lipinski definition) is 1. The van der Waals surface area contributed by atoms with Gasteiger partial charge in [-0.25, -0.2) is 0 Å². The molecule has 0 atom stereocenters. The summed E-state index contributed by atoms with van der Waals surface area (Å²) in [4.78, 5) is 0. The van der Waals surface area contributed by atoms with E-state index in [1.165, 1.54) is 83.5 Å². The van der Waals surface area contributed by atoms with Gasteiger partial charge >= 0.3 is 0 Å². The van der Waals surface area contributed by atoms with E-state index in [4.69, 9.17) is 0 Å². The van der Waals surface area contributed by atoms with Crippen LogP contribution in [0, 0.1) is 34.5 Å². The van der Waals surface area contributed by atoms with Crippen LogP contribution in [0.2, 0.25) is 0 Å². The minimum absolute atomic E-state index is 0.139. The summed E-state index contributed by atoms with van der Waals surface area (Å²) in [6.45, 7) is 4.56. The van der Waals surface area contributed by atoms with Gasteiger partial charge < -0.3 is 0 Å². The summed E-state index contributed by atoms with van der Waals surface area (Å²) in [7, 11) is 0. The van der Waals surface area contributed by atoms with Crippen molar-refractivity contribution in [3.63, 3.8) is 0 Å². The van der Waals surface area contributed by atoms with Crippen LogP contribution < -0.4 is 0 Å². The molecule has 0 spiro atoms. The number of nitriles is 1.